The highest BCUT2D eigenvalue weighted by Gasteiger charge is 2.37. The van der Waals surface area contributed by atoms with Crippen molar-refractivity contribution in [2.75, 3.05) is 0 Å². The number of hydrogen-bond donors (Lipinski definition) is 1. The van der Waals surface area contributed by atoms with Crippen molar-refractivity contribution in [2.24, 2.45) is 5.41 Å². The summed E-state index contributed by atoms with van der Waals surface area (Å²) in [6.07, 6.45) is -2.17. The van der Waals surface area contributed by atoms with Crippen molar-refractivity contribution in [3.63, 3.8) is 0 Å². The second-order valence-electron chi connectivity index (χ2n) is 3.79. The van der Waals surface area contributed by atoms with E-state index in [0.717, 1.165) is 4.68 Å². The van der Waals surface area contributed by atoms with Gasteiger partial charge in [0.1, 0.15) is 0 Å². The molecule has 1 rings (SSSR count). The van der Waals surface area contributed by atoms with Crippen LogP contribution in [0.15, 0.2) is 0 Å². The Morgan fingerprint density at radius 3 is 2.47 bits per heavy atom. The lowest BCUT2D eigenvalue weighted by atomic mass is 9.82. The van der Waals surface area contributed by atoms with Crippen molar-refractivity contribution < 1.29 is 18.7 Å². The maximum atomic E-state index is 12.5. The number of hydrogen-bond acceptors (Lipinski definition) is 4. The van der Waals surface area contributed by atoms with Crippen LogP contribution in [0.3, 0.4) is 0 Å². The molecule has 0 saturated carbocycles. The predicted octanol–water partition coefficient (Wildman–Crippen LogP) is 1.50. The van der Waals surface area contributed by atoms with Crippen LogP contribution in [0, 0.1) is 5.41 Å². The Morgan fingerprint density at radius 1 is 1.47 bits per heavy atom. The highest BCUT2D eigenvalue weighted by Crippen LogP contribution is 2.30. The highest BCUT2D eigenvalue weighted by molar-refractivity contribution is 5.74. The van der Waals surface area contributed by atoms with Crippen molar-refractivity contribution in [1.29, 1.82) is 0 Å². The van der Waals surface area contributed by atoms with Crippen LogP contribution in [0.1, 0.15) is 38.9 Å². The van der Waals surface area contributed by atoms with E-state index in [2.05, 4.69) is 15.5 Å². The third-order valence-corrected chi connectivity index (χ3v) is 3.01. The number of rotatable bonds is 6. The molecule has 0 radical (unpaired) electrons. The van der Waals surface area contributed by atoms with Crippen LogP contribution >= 0.6 is 0 Å². The van der Waals surface area contributed by atoms with Crippen LogP contribution in [0.4, 0.5) is 8.78 Å². The lowest BCUT2D eigenvalue weighted by Crippen LogP contribution is -2.35. The van der Waals surface area contributed by atoms with Gasteiger partial charge in [0.15, 0.2) is 0 Å². The Bertz CT molecular complexity index is 390. The zero-order valence-corrected chi connectivity index (χ0v) is 9.60. The van der Waals surface area contributed by atoms with Crippen molar-refractivity contribution in [2.45, 2.75) is 39.7 Å². The fourth-order valence-corrected chi connectivity index (χ4v) is 1.61. The summed E-state index contributed by atoms with van der Waals surface area (Å²) >= 11 is 0. The summed E-state index contributed by atoms with van der Waals surface area (Å²) in [6.45, 7) is 3.25. The SMILES string of the molecule is CCC(CC)(Cn1nnnc1C(F)F)C(=O)O. The monoisotopic (exact) mass is 248 g/mol. The summed E-state index contributed by atoms with van der Waals surface area (Å²) in [7, 11) is 0. The molecule has 0 aliphatic carbocycles. The van der Waals surface area contributed by atoms with Crippen LogP contribution in [-0.4, -0.2) is 31.3 Å². The van der Waals surface area contributed by atoms with Gasteiger partial charge in [0.25, 0.3) is 6.43 Å². The molecule has 1 aromatic rings. The van der Waals surface area contributed by atoms with E-state index in [0.29, 0.717) is 12.8 Å². The number of carboxylic acids is 1. The van der Waals surface area contributed by atoms with E-state index in [9.17, 15) is 18.7 Å². The molecule has 0 spiro atoms. The Kier molecular flexibility index (Phi) is 4.08. The van der Waals surface area contributed by atoms with Gasteiger partial charge in [-0.1, -0.05) is 13.8 Å². The second kappa shape index (κ2) is 5.15. The lowest BCUT2D eigenvalue weighted by molar-refractivity contribution is -0.150. The summed E-state index contributed by atoms with van der Waals surface area (Å²) in [4.78, 5) is 11.2. The van der Waals surface area contributed by atoms with Crippen molar-refractivity contribution in [3.05, 3.63) is 5.82 Å². The van der Waals surface area contributed by atoms with Gasteiger partial charge in [-0.05, 0) is 23.3 Å². The van der Waals surface area contributed by atoms with Gasteiger partial charge in [-0.2, -0.15) is 0 Å². The molecule has 0 saturated heterocycles. The van der Waals surface area contributed by atoms with Gasteiger partial charge in [-0.25, -0.2) is 13.5 Å². The standard InChI is InChI=1S/C9H14F2N4O2/c1-3-9(4-2,8(16)17)5-15-7(6(10)11)12-13-14-15/h6H,3-5H2,1-2H3,(H,16,17). The summed E-state index contributed by atoms with van der Waals surface area (Å²) in [6, 6.07) is 0. The summed E-state index contributed by atoms with van der Waals surface area (Å²) < 4.78 is 25.9. The molecule has 96 valence electrons. The number of nitrogens with zero attached hydrogens (tertiary/aromatic N) is 4. The molecule has 6 nitrogen and oxygen atoms in total. The predicted molar refractivity (Wildman–Crippen MR) is 53.4 cm³/mol. The van der Waals surface area contributed by atoms with Crippen molar-refractivity contribution in [1.82, 2.24) is 20.2 Å². The van der Waals surface area contributed by atoms with Gasteiger partial charge >= 0.3 is 5.97 Å². The fraction of sp³-hybridized carbons (Fsp3) is 0.778. The topological polar surface area (TPSA) is 80.9 Å². The zero-order chi connectivity index (χ0) is 13.1. The molecule has 0 aliphatic rings. The smallest absolute Gasteiger partial charge is 0.311 e. The maximum absolute atomic E-state index is 12.5. The molecule has 17 heavy (non-hydrogen) atoms. The molecule has 1 aromatic heterocycles. The van der Waals surface area contributed by atoms with E-state index in [1.807, 2.05) is 0 Å². The highest BCUT2D eigenvalue weighted by atomic mass is 19.3. The quantitative estimate of drug-likeness (QED) is 0.825. The number of carbonyl (C=O) groups is 1. The van der Waals surface area contributed by atoms with E-state index >= 15 is 0 Å². The molecule has 0 fully saturated rings. The number of halogens is 2. The molecule has 0 aromatic carbocycles. The van der Waals surface area contributed by atoms with Gasteiger partial charge in [0, 0.05) is 0 Å². The van der Waals surface area contributed by atoms with Crippen LogP contribution in [-0.2, 0) is 11.3 Å². The third kappa shape index (κ3) is 2.56. The van der Waals surface area contributed by atoms with Crippen molar-refractivity contribution >= 4 is 5.97 Å². The average Bonchev–Trinajstić information content (AvgIpc) is 2.73. The van der Waals surface area contributed by atoms with E-state index in [1.165, 1.54) is 0 Å². The van der Waals surface area contributed by atoms with E-state index < -0.39 is 23.6 Å². The Morgan fingerprint density at radius 2 is 2.06 bits per heavy atom. The van der Waals surface area contributed by atoms with Gasteiger partial charge in [0.05, 0.1) is 12.0 Å². The fourth-order valence-electron chi connectivity index (χ4n) is 1.61. The second-order valence-corrected chi connectivity index (χ2v) is 3.79. The Hall–Kier alpha value is -1.60. The van der Waals surface area contributed by atoms with E-state index in [-0.39, 0.29) is 6.54 Å². The summed E-state index contributed by atoms with van der Waals surface area (Å²) in [5.41, 5.74) is -1.11. The largest absolute Gasteiger partial charge is 0.481 e. The first-order valence-corrected chi connectivity index (χ1v) is 5.24. The Balaban J connectivity index is 3.02. The number of alkyl halides is 2. The van der Waals surface area contributed by atoms with Gasteiger partial charge in [0.2, 0.25) is 5.82 Å². The molecule has 0 aliphatic heterocycles. The van der Waals surface area contributed by atoms with Crippen molar-refractivity contribution in [3.8, 4) is 0 Å². The first-order chi connectivity index (χ1) is 7.96. The van der Waals surface area contributed by atoms with E-state index in [4.69, 9.17) is 0 Å². The molecule has 8 heteroatoms. The first-order valence-electron chi connectivity index (χ1n) is 5.24. The first kappa shape index (κ1) is 13.5. The molecule has 0 atom stereocenters. The maximum Gasteiger partial charge on any atom is 0.311 e. The number of carboxylic acid groups (broad SMARTS) is 1. The van der Waals surface area contributed by atoms with Crippen LogP contribution in [0.5, 0.6) is 0 Å². The average molecular weight is 248 g/mol. The molecule has 0 bridgehead atoms. The van der Waals surface area contributed by atoms with Crippen LogP contribution in [0.2, 0.25) is 0 Å². The normalized spacial score (nSPS) is 12.1. The minimum atomic E-state index is -2.81. The van der Waals surface area contributed by atoms with Gasteiger partial charge < -0.3 is 5.11 Å². The molecule has 1 heterocycles. The molecule has 1 N–H and O–H groups in total. The summed E-state index contributed by atoms with van der Waals surface area (Å²) in [5, 5.41) is 18.9. The molecular weight excluding hydrogens is 234 g/mol. The summed E-state index contributed by atoms with van der Waals surface area (Å²) in [5.74, 6) is -1.63. The van der Waals surface area contributed by atoms with Gasteiger partial charge in [-0.3, -0.25) is 4.79 Å². The number of tetrazole rings is 1. The molecule has 0 unspecified atom stereocenters. The zero-order valence-electron chi connectivity index (χ0n) is 9.60. The number of aliphatic carboxylic acids is 1. The molecular formula is C9H14F2N4O2. The van der Waals surface area contributed by atoms with Crippen LogP contribution in [0.25, 0.3) is 0 Å². The van der Waals surface area contributed by atoms with E-state index in [1.54, 1.807) is 13.8 Å². The number of aromatic nitrogens is 4. The minimum Gasteiger partial charge on any atom is -0.481 e. The van der Waals surface area contributed by atoms with Gasteiger partial charge in [-0.15, -0.1) is 5.10 Å². The molecule has 0 amide bonds. The Labute approximate surface area is 96.6 Å². The van der Waals surface area contributed by atoms with Crippen LogP contribution < -0.4 is 0 Å². The third-order valence-electron chi connectivity index (χ3n) is 3.01. The lowest BCUT2D eigenvalue weighted by Gasteiger charge is -2.26. The minimum absolute atomic E-state index is 0.151.